The van der Waals surface area contributed by atoms with Crippen LogP contribution in [0.5, 0.6) is 5.88 Å². The molecule has 1 N–H and O–H groups in total. The highest BCUT2D eigenvalue weighted by Crippen LogP contribution is 2.37. The fourth-order valence-electron chi connectivity index (χ4n) is 4.56. The lowest BCUT2D eigenvalue weighted by atomic mass is 9.85. The highest BCUT2D eigenvalue weighted by atomic mass is 19.4. The minimum absolute atomic E-state index is 0.00223. The first-order chi connectivity index (χ1) is 16.0. The summed E-state index contributed by atoms with van der Waals surface area (Å²) in [7, 11) is 0. The lowest BCUT2D eigenvalue weighted by molar-refractivity contribution is -0.140. The largest absolute Gasteiger partial charge is 0.471 e. The number of hydrogen-bond acceptors (Lipinski definition) is 7. The zero-order chi connectivity index (χ0) is 22.8. The molecule has 176 valence electrons. The van der Waals surface area contributed by atoms with E-state index in [1.54, 1.807) is 0 Å². The van der Waals surface area contributed by atoms with Gasteiger partial charge in [-0.25, -0.2) is 4.98 Å². The van der Waals surface area contributed by atoms with Crippen molar-refractivity contribution < 1.29 is 22.6 Å². The molecule has 0 aromatic carbocycles. The molecular formula is C22H25F3N6O2. The smallest absolute Gasteiger partial charge is 0.423 e. The number of ether oxygens (including phenoxy) is 2. The van der Waals surface area contributed by atoms with E-state index in [1.165, 1.54) is 0 Å². The molecule has 2 fully saturated rings. The number of anilines is 1. The second-order valence-electron chi connectivity index (χ2n) is 8.56. The minimum atomic E-state index is -4.60. The molecule has 4 heterocycles. The maximum atomic E-state index is 13.5. The standard InChI is InChI=1S/C22H25F3N6O2/c23-22(24,25)17-12-26-21(28-20(17)33-16-7-4-10-32-13-16)27-15-6-3-5-14(11-15)19-30-29-18-8-1-2-9-31(18)19/h1-2,8-9,12,14-16H,3-7,10-11,13H2,(H,26,27,28)/t14-,15+,16?/m0/s1. The van der Waals surface area contributed by atoms with Crippen LogP contribution in [-0.2, 0) is 10.9 Å². The fourth-order valence-corrected chi connectivity index (χ4v) is 4.56. The maximum absolute atomic E-state index is 13.5. The lowest BCUT2D eigenvalue weighted by Crippen LogP contribution is -2.30. The van der Waals surface area contributed by atoms with E-state index >= 15 is 0 Å². The predicted octanol–water partition coefficient (Wildman–Crippen LogP) is 4.23. The van der Waals surface area contributed by atoms with Crippen molar-refractivity contribution in [2.75, 3.05) is 18.5 Å². The van der Waals surface area contributed by atoms with Gasteiger partial charge >= 0.3 is 6.18 Å². The Morgan fingerprint density at radius 2 is 2.03 bits per heavy atom. The molecule has 1 aliphatic carbocycles. The molecule has 1 aliphatic heterocycles. The molecule has 11 heteroatoms. The maximum Gasteiger partial charge on any atom is 0.423 e. The number of hydrogen-bond donors (Lipinski definition) is 1. The second kappa shape index (κ2) is 9.12. The number of pyridine rings is 1. The van der Waals surface area contributed by atoms with Crippen LogP contribution in [0.3, 0.4) is 0 Å². The van der Waals surface area contributed by atoms with Gasteiger partial charge in [0.05, 0.1) is 6.61 Å². The second-order valence-corrected chi connectivity index (χ2v) is 8.56. The van der Waals surface area contributed by atoms with Gasteiger partial charge in [-0.15, -0.1) is 10.2 Å². The van der Waals surface area contributed by atoms with Crippen LogP contribution in [0.4, 0.5) is 19.1 Å². The number of nitrogens with zero attached hydrogens (tertiary/aromatic N) is 5. The van der Waals surface area contributed by atoms with Crippen LogP contribution in [-0.4, -0.2) is 49.9 Å². The van der Waals surface area contributed by atoms with Gasteiger partial charge < -0.3 is 14.8 Å². The van der Waals surface area contributed by atoms with Gasteiger partial charge in [0.2, 0.25) is 11.8 Å². The lowest BCUT2D eigenvalue weighted by Gasteiger charge is -2.29. The Kier molecular flexibility index (Phi) is 6.05. The van der Waals surface area contributed by atoms with Crippen LogP contribution >= 0.6 is 0 Å². The van der Waals surface area contributed by atoms with Crippen LogP contribution < -0.4 is 10.1 Å². The summed E-state index contributed by atoms with van der Waals surface area (Å²) >= 11 is 0. The number of nitrogens with one attached hydrogen (secondary N) is 1. The van der Waals surface area contributed by atoms with Crippen LogP contribution in [0.15, 0.2) is 30.6 Å². The quantitative estimate of drug-likeness (QED) is 0.607. The van der Waals surface area contributed by atoms with Crippen LogP contribution in [0.2, 0.25) is 0 Å². The first kappa shape index (κ1) is 21.9. The average molecular weight is 462 g/mol. The molecule has 33 heavy (non-hydrogen) atoms. The normalized spacial score (nSPS) is 24.0. The molecule has 0 radical (unpaired) electrons. The first-order valence-corrected chi connectivity index (χ1v) is 11.2. The molecular weight excluding hydrogens is 437 g/mol. The molecule has 1 saturated heterocycles. The van der Waals surface area contributed by atoms with Crippen molar-refractivity contribution in [2.24, 2.45) is 0 Å². The van der Waals surface area contributed by atoms with Crippen molar-refractivity contribution in [2.45, 2.75) is 62.8 Å². The Bertz CT molecular complexity index is 1100. The number of halogens is 3. The van der Waals surface area contributed by atoms with Gasteiger partial charge in [0.1, 0.15) is 17.5 Å². The fraction of sp³-hybridized carbons (Fsp3) is 0.545. The summed E-state index contributed by atoms with van der Waals surface area (Å²) in [5.74, 6) is 0.753. The molecule has 2 aliphatic rings. The Morgan fingerprint density at radius 3 is 2.85 bits per heavy atom. The highest BCUT2D eigenvalue weighted by molar-refractivity contribution is 5.38. The van der Waals surface area contributed by atoms with Crippen molar-refractivity contribution in [3.8, 4) is 5.88 Å². The summed E-state index contributed by atoms with van der Waals surface area (Å²) in [5.41, 5.74) is -0.183. The van der Waals surface area contributed by atoms with Gasteiger partial charge in [-0.1, -0.05) is 12.5 Å². The number of fused-ring (bicyclic) bond motifs is 1. The van der Waals surface area contributed by atoms with E-state index in [4.69, 9.17) is 9.47 Å². The molecule has 8 nitrogen and oxygen atoms in total. The van der Waals surface area contributed by atoms with Crippen molar-refractivity contribution in [3.63, 3.8) is 0 Å². The van der Waals surface area contributed by atoms with Gasteiger partial charge in [-0.3, -0.25) is 4.40 Å². The Labute approximate surface area is 188 Å². The van der Waals surface area contributed by atoms with E-state index in [9.17, 15) is 13.2 Å². The number of aromatic nitrogens is 5. The minimum Gasteiger partial charge on any atom is -0.471 e. The van der Waals surface area contributed by atoms with Crippen LogP contribution in [0.1, 0.15) is 55.8 Å². The zero-order valence-electron chi connectivity index (χ0n) is 18.0. The Hall–Kier alpha value is -2.95. The van der Waals surface area contributed by atoms with Crippen LogP contribution in [0, 0.1) is 0 Å². The van der Waals surface area contributed by atoms with Gasteiger partial charge in [0.25, 0.3) is 0 Å². The molecule has 3 aromatic heterocycles. The van der Waals surface area contributed by atoms with E-state index in [0.29, 0.717) is 13.0 Å². The van der Waals surface area contributed by atoms with Crippen molar-refractivity contribution >= 4 is 11.6 Å². The summed E-state index contributed by atoms with van der Waals surface area (Å²) < 4.78 is 53.4. The molecule has 1 unspecified atom stereocenters. The Morgan fingerprint density at radius 1 is 1.12 bits per heavy atom. The SMILES string of the molecule is FC(F)(F)c1cnc(N[C@@H]2CCC[C@H](c3nnc4ccccn34)C2)nc1OC1CCCOC1. The van der Waals surface area contributed by atoms with E-state index in [-0.39, 0.29) is 24.5 Å². The summed E-state index contributed by atoms with van der Waals surface area (Å²) in [6.07, 6.45) is 2.59. The van der Waals surface area contributed by atoms with Gasteiger partial charge in [-0.2, -0.15) is 18.2 Å². The molecule has 1 saturated carbocycles. The summed E-state index contributed by atoms with van der Waals surface area (Å²) in [6.45, 7) is 0.841. The van der Waals surface area contributed by atoms with Crippen molar-refractivity contribution in [1.82, 2.24) is 24.6 Å². The molecule has 0 amide bonds. The third kappa shape index (κ3) is 4.87. The van der Waals surface area contributed by atoms with Crippen molar-refractivity contribution in [3.05, 3.63) is 42.0 Å². The molecule has 3 aromatic rings. The summed E-state index contributed by atoms with van der Waals surface area (Å²) in [6, 6.07) is 5.76. The third-order valence-corrected chi connectivity index (χ3v) is 6.17. The molecule has 5 rings (SSSR count). The van der Waals surface area contributed by atoms with E-state index in [0.717, 1.165) is 49.8 Å². The van der Waals surface area contributed by atoms with E-state index in [1.807, 2.05) is 28.8 Å². The monoisotopic (exact) mass is 462 g/mol. The van der Waals surface area contributed by atoms with Crippen molar-refractivity contribution in [1.29, 1.82) is 0 Å². The predicted molar refractivity (Wildman–Crippen MR) is 113 cm³/mol. The van der Waals surface area contributed by atoms with E-state index in [2.05, 4.69) is 25.5 Å². The van der Waals surface area contributed by atoms with Gasteiger partial charge in [-0.05, 0) is 44.2 Å². The molecule has 0 bridgehead atoms. The zero-order valence-corrected chi connectivity index (χ0v) is 18.0. The number of alkyl halides is 3. The Balaban J connectivity index is 1.33. The summed E-state index contributed by atoms with van der Waals surface area (Å²) in [5, 5.41) is 11.8. The number of rotatable bonds is 5. The highest BCUT2D eigenvalue weighted by Gasteiger charge is 2.37. The van der Waals surface area contributed by atoms with Crippen LogP contribution in [0.25, 0.3) is 5.65 Å². The summed E-state index contributed by atoms with van der Waals surface area (Å²) in [4.78, 5) is 8.06. The topological polar surface area (TPSA) is 86.5 Å². The van der Waals surface area contributed by atoms with Gasteiger partial charge in [0, 0.05) is 31.0 Å². The van der Waals surface area contributed by atoms with E-state index < -0.39 is 23.7 Å². The third-order valence-electron chi connectivity index (χ3n) is 6.17. The molecule has 3 atom stereocenters. The first-order valence-electron chi connectivity index (χ1n) is 11.2. The molecule has 0 spiro atoms. The average Bonchev–Trinajstić information content (AvgIpc) is 3.24. The van der Waals surface area contributed by atoms with Gasteiger partial charge in [0.15, 0.2) is 5.65 Å².